The van der Waals surface area contributed by atoms with Crippen molar-refractivity contribution in [1.82, 2.24) is 0 Å². The van der Waals surface area contributed by atoms with Gasteiger partial charge in [-0.3, -0.25) is 0 Å². The summed E-state index contributed by atoms with van der Waals surface area (Å²) in [5, 5.41) is 0. The second-order valence-corrected chi connectivity index (χ2v) is 4.62. The first-order valence-electron chi connectivity index (χ1n) is 3.40. The average Bonchev–Trinajstić information content (AvgIpc) is 1.89. The zero-order valence-electron chi connectivity index (χ0n) is 5.72. The standard InChI is InChI=1S/C6H10OSe.Li/c7-5-3-1-2-4-6(5)8;/h6,8H,1-4H2;/q;+1/p-1. The van der Waals surface area contributed by atoms with Gasteiger partial charge in [0.1, 0.15) is 0 Å². The maximum atomic E-state index is 11.0. The van der Waals surface area contributed by atoms with E-state index in [2.05, 4.69) is 15.8 Å². The Balaban J connectivity index is 2.39. The van der Waals surface area contributed by atoms with Gasteiger partial charge in [0, 0.05) is 0 Å². The first-order chi connectivity index (χ1) is 4.34. The van der Waals surface area contributed by atoms with E-state index in [0.717, 1.165) is 12.8 Å². The van der Waals surface area contributed by atoms with Gasteiger partial charge in [-0.1, -0.05) is 0 Å². The van der Waals surface area contributed by atoms with Crippen LogP contribution in [0.5, 0.6) is 0 Å². The van der Waals surface area contributed by atoms with Gasteiger partial charge in [-0.15, -0.1) is 0 Å². The van der Waals surface area contributed by atoms with Crippen molar-refractivity contribution in [3.63, 3.8) is 0 Å². The molecule has 1 rings (SSSR count). The summed E-state index contributed by atoms with van der Waals surface area (Å²) < 4.78 is 0. The second kappa shape index (κ2) is 3.83. The molecule has 0 saturated heterocycles. The van der Waals surface area contributed by atoms with Crippen molar-refractivity contribution < 1.29 is 4.79 Å². The van der Waals surface area contributed by atoms with Crippen molar-refractivity contribution in [3.05, 3.63) is 0 Å². The van der Waals surface area contributed by atoms with Crippen molar-refractivity contribution >= 4 is 34.3 Å². The zero-order valence-corrected chi connectivity index (χ0v) is 7.44. The number of carbonyl (C=O) groups excluding carboxylic acids is 1. The number of Topliss-reactive ketones (excluding diaryl/α,β-unsaturated/α-hetero) is 1. The number of carbonyl (C=O) groups is 1. The molecule has 1 saturated carbocycles. The molecule has 0 bridgehead atoms. The molecule has 1 nitrogen and oxygen atoms in total. The molecule has 9 heavy (non-hydrogen) atoms. The molecule has 0 N–H and O–H groups in total. The third-order valence-electron chi connectivity index (χ3n) is 1.78. The molecular formula is C6H9LiOSe. The summed E-state index contributed by atoms with van der Waals surface area (Å²) in [5.74, 6) is 0.531. The zero-order chi connectivity index (χ0) is 6.69. The number of hydrogen-bond donors (Lipinski definition) is 0. The molecule has 1 fully saturated rings. The SMILES string of the molecule is [Li][Se]C1CCCCC1=O. The summed E-state index contributed by atoms with van der Waals surface area (Å²) in [6, 6.07) is 0. The summed E-state index contributed by atoms with van der Waals surface area (Å²) in [7, 11) is 0. The molecule has 1 aliphatic carbocycles. The van der Waals surface area contributed by atoms with E-state index in [1.807, 2.05) is 0 Å². The summed E-state index contributed by atoms with van der Waals surface area (Å²) in [6.07, 6.45) is 4.47. The van der Waals surface area contributed by atoms with Crippen LogP contribution in [0.15, 0.2) is 0 Å². The molecule has 0 aliphatic heterocycles. The van der Waals surface area contributed by atoms with Gasteiger partial charge in [-0.05, 0) is 0 Å². The summed E-state index contributed by atoms with van der Waals surface area (Å²) in [6.45, 7) is 0. The van der Waals surface area contributed by atoms with E-state index in [4.69, 9.17) is 0 Å². The summed E-state index contributed by atoms with van der Waals surface area (Å²) >= 11 is 2.73. The number of rotatable bonds is 1. The van der Waals surface area contributed by atoms with Crippen molar-refractivity contribution in [2.75, 3.05) is 0 Å². The first-order valence-corrected chi connectivity index (χ1v) is 6.10. The second-order valence-electron chi connectivity index (χ2n) is 2.44. The average molecular weight is 183 g/mol. The Hall–Kier alpha value is 0.787. The Bertz CT molecular complexity index is 116. The topological polar surface area (TPSA) is 17.1 Å². The van der Waals surface area contributed by atoms with Gasteiger partial charge in [-0.25, -0.2) is 0 Å². The van der Waals surface area contributed by atoms with E-state index in [1.54, 1.807) is 0 Å². The minimum atomic E-state index is 0.478. The van der Waals surface area contributed by atoms with Crippen LogP contribution in [0.2, 0.25) is 4.82 Å². The molecule has 1 aliphatic rings. The van der Waals surface area contributed by atoms with Crippen LogP contribution in [0.3, 0.4) is 0 Å². The van der Waals surface area contributed by atoms with Gasteiger partial charge >= 0.3 is 69.6 Å². The molecule has 1 atom stereocenters. The Kier molecular flexibility index (Phi) is 3.36. The minimum absolute atomic E-state index is 0.478. The monoisotopic (exact) mass is 184 g/mol. The van der Waals surface area contributed by atoms with Gasteiger partial charge in [-0.2, -0.15) is 0 Å². The van der Waals surface area contributed by atoms with Crippen molar-refractivity contribution in [1.29, 1.82) is 0 Å². The van der Waals surface area contributed by atoms with Crippen molar-refractivity contribution in [2.45, 2.75) is 30.5 Å². The van der Waals surface area contributed by atoms with Crippen LogP contribution < -0.4 is 0 Å². The molecule has 0 aromatic rings. The van der Waals surface area contributed by atoms with E-state index < -0.39 is 0 Å². The molecule has 0 amide bonds. The Morgan fingerprint density at radius 3 is 2.78 bits per heavy atom. The third-order valence-corrected chi connectivity index (χ3v) is 4.02. The Morgan fingerprint density at radius 2 is 2.33 bits per heavy atom. The summed E-state index contributed by atoms with van der Waals surface area (Å²) in [5.41, 5.74) is 0. The van der Waals surface area contributed by atoms with E-state index in [1.165, 1.54) is 12.8 Å². The van der Waals surface area contributed by atoms with Crippen LogP contribution in [-0.2, 0) is 4.79 Å². The van der Waals surface area contributed by atoms with E-state index >= 15 is 0 Å². The molecular weight excluding hydrogens is 174 g/mol. The van der Waals surface area contributed by atoms with E-state index in [-0.39, 0.29) is 0 Å². The Morgan fingerprint density at radius 1 is 1.56 bits per heavy atom. The van der Waals surface area contributed by atoms with Crippen LogP contribution in [-0.4, -0.2) is 34.3 Å². The van der Waals surface area contributed by atoms with Gasteiger partial charge in [0.15, 0.2) is 0 Å². The number of ketones is 1. The van der Waals surface area contributed by atoms with Gasteiger partial charge < -0.3 is 0 Å². The molecule has 0 spiro atoms. The third kappa shape index (κ3) is 2.13. The van der Waals surface area contributed by atoms with Crippen molar-refractivity contribution in [2.24, 2.45) is 0 Å². The molecule has 0 aromatic carbocycles. The predicted molar refractivity (Wildman–Crippen MR) is 38.7 cm³/mol. The quantitative estimate of drug-likeness (QED) is 0.547. The van der Waals surface area contributed by atoms with Gasteiger partial charge in [0.25, 0.3) is 0 Å². The predicted octanol–water partition coefficient (Wildman–Crippen LogP) is 0.706. The van der Waals surface area contributed by atoms with Gasteiger partial charge in [0.2, 0.25) is 0 Å². The van der Waals surface area contributed by atoms with Crippen LogP contribution in [0, 0.1) is 0 Å². The molecule has 1 unspecified atom stereocenters. The molecule has 0 heterocycles. The molecule has 0 aromatic heterocycles. The number of hydrogen-bond acceptors (Lipinski definition) is 1. The van der Waals surface area contributed by atoms with Crippen LogP contribution in [0.4, 0.5) is 0 Å². The maximum absolute atomic E-state index is 11.0. The van der Waals surface area contributed by atoms with Crippen molar-refractivity contribution in [3.8, 4) is 0 Å². The fourth-order valence-electron chi connectivity index (χ4n) is 1.20. The van der Waals surface area contributed by atoms with Crippen LogP contribution in [0.1, 0.15) is 25.7 Å². The molecule has 0 radical (unpaired) electrons. The molecule has 3 heteroatoms. The van der Waals surface area contributed by atoms with Crippen LogP contribution in [0.25, 0.3) is 0 Å². The fourth-order valence-corrected chi connectivity index (χ4v) is 2.84. The van der Waals surface area contributed by atoms with Gasteiger partial charge in [0.05, 0.1) is 0 Å². The van der Waals surface area contributed by atoms with E-state index in [9.17, 15) is 4.79 Å². The van der Waals surface area contributed by atoms with E-state index in [0.29, 0.717) is 23.4 Å². The first kappa shape index (κ1) is 7.89. The normalized spacial score (nSPS) is 28.7. The molecule has 46 valence electrons. The van der Waals surface area contributed by atoms with Crippen LogP contribution >= 0.6 is 0 Å². The Labute approximate surface area is 69.6 Å². The fraction of sp³-hybridized carbons (Fsp3) is 0.833. The summed E-state index contributed by atoms with van der Waals surface area (Å²) in [4.78, 5) is 11.5.